The van der Waals surface area contributed by atoms with Crippen LogP contribution < -0.4 is 5.32 Å². The van der Waals surface area contributed by atoms with Gasteiger partial charge >= 0.3 is 0 Å². The van der Waals surface area contributed by atoms with E-state index in [4.69, 9.17) is 4.42 Å². The molecule has 0 aliphatic carbocycles. The Balaban J connectivity index is 1.57. The van der Waals surface area contributed by atoms with Crippen LogP contribution >= 0.6 is 0 Å². The van der Waals surface area contributed by atoms with Gasteiger partial charge in [0, 0.05) is 43.2 Å². The third-order valence-corrected chi connectivity index (χ3v) is 3.19. The number of rotatable bonds is 6. The van der Waals surface area contributed by atoms with Gasteiger partial charge in [-0.25, -0.2) is 4.98 Å². The largest absolute Gasteiger partial charge is 0.472 e. The van der Waals surface area contributed by atoms with E-state index in [0.29, 0.717) is 0 Å². The number of hydrogen-bond acceptors (Lipinski definition) is 3. The lowest BCUT2D eigenvalue weighted by Gasteiger charge is -2.08. The van der Waals surface area contributed by atoms with Crippen LogP contribution in [0.25, 0.3) is 11.4 Å². The van der Waals surface area contributed by atoms with Gasteiger partial charge in [0.1, 0.15) is 5.82 Å². The molecular weight excluding hydrogens is 250 g/mol. The van der Waals surface area contributed by atoms with Crippen molar-refractivity contribution in [3.63, 3.8) is 0 Å². The molecule has 4 heteroatoms. The van der Waals surface area contributed by atoms with Crippen molar-refractivity contribution in [3.8, 4) is 11.4 Å². The molecule has 0 spiro atoms. The van der Waals surface area contributed by atoms with E-state index in [-0.39, 0.29) is 0 Å². The van der Waals surface area contributed by atoms with Crippen molar-refractivity contribution in [2.75, 3.05) is 6.54 Å². The van der Waals surface area contributed by atoms with Gasteiger partial charge in [0.2, 0.25) is 0 Å². The first kappa shape index (κ1) is 12.7. The first-order valence-corrected chi connectivity index (χ1v) is 6.72. The molecule has 4 nitrogen and oxygen atoms in total. The highest BCUT2D eigenvalue weighted by Gasteiger charge is 2.04. The average molecular weight is 267 g/mol. The molecule has 20 heavy (non-hydrogen) atoms. The highest BCUT2D eigenvalue weighted by molar-refractivity contribution is 5.55. The number of nitrogens with zero attached hydrogens (tertiary/aromatic N) is 2. The summed E-state index contributed by atoms with van der Waals surface area (Å²) in [7, 11) is 0. The Bertz CT molecular complexity index is 629. The van der Waals surface area contributed by atoms with E-state index in [0.717, 1.165) is 31.0 Å². The molecule has 0 bridgehead atoms. The highest BCUT2D eigenvalue weighted by atomic mass is 16.3. The number of aromatic nitrogens is 2. The van der Waals surface area contributed by atoms with E-state index in [2.05, 4.69) is 27.0 Å². The second-order valence-corrected chi connectivity index (χ2v) is 4.62. The maximum Gasteiger partial charge on any atom is 0.139 e. The minimum atomic E-state index is 0.825. The van der Waals surface area contributed by atoms with Crippen LogP contribution in [0.15, 0.2) is 65.7 Å². The summed E-state index contributed by atoms with van der Waals surface area (Å²) in [5, 5.41) is 3.40. The lowest BCUT2D eigenvalue weighted by atomic mass is 10.2. The number of imidazole rings is 1. The molecule has 0 amide bonds. The fourth-order valence-corrected chi connectivity index (χ4v) is 2.16. The third-order valence-electron chi connectivity index (χ3n) is 3.19. The average Bonchev–Trinajstić information content (AvgIpc) is 3.16. The van der Waals surface area contributed by atoms with Gasteiger partial charge in [-0.15, -0.1) is 0 Å². The Hall–Kier alpha value is -2.33. The van der Waals surface area contributed by atoms with Gasteiger partial charge in [0.15, 0.2) is 0 Å². The molecule has 3 rings (SSSR count). The van der Waals surface area contributed by atoms with Gasteiger partial charge in [-0.1, -0.05) is 30.3 Å². The van der Waals surface area contributed by atoms with Crippen LogP contribution in [0.3, 0.4) is 0 Å². The molecule has 0 atom stereocenters. The predicted molar refractivity (Wildman–Crippen MR) is 78.1 cm³/mol. The van der Waals surface area contributed by atoms with Gasteiger partial charge in [0.25, 0.3) is 0 Å². The second kappa shape index (κ2) is 6.21. The summed E-state index contributed by atoms with van der Waals surface area (Å²) in [4.78, 5) is 4.44. The normalized spacial score (nSPS) is 10.8. The summed E-state index contributed by atoms with van der Waals surface area (Å²) >= 11 is 0. The smallest absolute Gasteiger partial charge is 0.139 e. The number of furan rings is 1. The Kier molecular flexibility index (Phi) is 3.94. The van der Waals surface area contributed by atoms with Crippen LogP contribution in [0, 0.1) is 0 Å². The van der Waals surface area contributed by atoms with Crippen molar-refractivity contribution < 1.29 is 4.42 Å². The summed E-state index contributed by atoms with van der Waals surface area (Å²) < 4.78 is 7.20. The minimum Gasteiger partial charge on any atom is -0.472 e. The van der Waals surface area contributed by atoms with E-state index in [1.54, 1.807) is 12.5 Å². The van der Waals surface area contributed by atoms with Gasteiger partial charge < -0.3 is 14.3 Å². The molecule has 2 heterocycles. The molecule has 0 saturated carbocycles. The topological polar surface area (TPSA) is 43.0 Å². The van der Waals surface area contributed by atoms with E-state index < -0.39 is 0 Å². The Labute approximate surface area is 118 Å². The molecule has 1 aromatic carbocycles. The summed E-state index contributed by atoms with van der Waals surface area (Å²) in [6.07, 6.45) is 7.32. The molecule has 0 aliphatic heterocycles. The van der Waals surface area contributed by atoms with Gasteiger partial charge in [-0.2, -0.15) is 0 Å². The Morgan fingerprint density at radius 1 is 1.15 bits per heavy atom. The lowest BCUT2D eigenvalue weighted by Crippen LogP contribution is -2.19. The van der Waals surface area contributed by atoms with Crippen LogP contribution in [0.1, 0.15) is 5.56 Å². The highest BCUT2D eigenvalue weighted by Crippen LogP contribution is 2.16. The molecule has 0 unspecified atom stereocenters. The van der Waals surface area contributed by atoms with Crippen molar-refractivity contribution in [2.45, 2.75) is 13.1 Å². The van der Waals surface area contributed by atoms with Crippen LogP contribution in [-0.2, 0) is 13.1 Å². The fourth-order valence-electron chi connectivity index (χ4n) is 2.16. The molecule has 0 saturated heterocycles. The molecule has 102 valence electrons. The monoisotopic (exact) mass is 267 g/mol. The summed E-state index contributed by atoms with van der Waals surface area (Å²) in [6, 6.07) is 12.2. The summed E-state index contributed by atoms with van der Waals surface area (Å²) in [5.41, 5.74) is 2.31. The fraction of sp³-hybridized carbons (Fsp3) is 0.188. The lowest BCUT2D eigenvalue weighted by molar-refractivity contribution is 0.556. The van der Waals surface area contributed by atoms with Crippen molar-refractivity contribution in [3.05, 3.63) is 66.9 Å². The summed E-state index contributed by atoms with van der Waals surface area (Å²) in [5.74, 6) is 1.01. The first-order valence-electron chi connectivity index (χ1n) is 6.72. The number of nitrogens with one attached hydrogen (secondary N) is 1. The molecule has 1 N–H and O–H groups in total. The molecule has 3 aromatic rings. The van der Waals surface area contributed by atoms with Crippen LogP contribution in [-0.4, -0.2) is 16.1 Å². The zero-order valence-electron chi connectivity index (χ0n) is 11.2. The molecule has 2 aromatic heterocycles. The molecular formula is C16H17N3O. The van der Waals surface area contributed by atoms with Gasteiger partial charge in [0.05, 0.1) is 12.5 Å². The Morgan fingerprint density at radius 3 is 2.85 bits per heavy atom. The van der Waals surface area contributed by atoms with Gasteiger partial charge in [-0.3, -0.25) is 0 Å². The van der Waals surface area contributed by atoms with E-state index >= 15 is 0 Å². The van der Waals surface area contributed by atoms with Crippen molar-refractivity contribution in [1.29, 1.82) is 0 Å². The predicted octanol–water partition coefficient (Wildman–Crippen LogP) is 2.93. The minimum absolute atomic E-state index is 0.825. The van der Waals surface area contributed by atoms with E-state index in [9.17, 15) is 0 Å². The maximum absolute atomic E-state index is 5.04. The van der Waals surface area contributed by atoms with E-state index in [1.807, 2.05) is 36.7 Å². The van der Waals surface area contributed by atoms with Crippen molar-refractivity contribution >= 4 is 0 Å². The number of hydrogen-bond donors (Lipinski definition) is 1. The quantitative estimate of drug-likeness (QED) is 0.698. The maximum atomic E-state index is 5.04. The molecule has 0 aliphatic rings. The molecule has 0 radical (unpaired) electrons. The standard InChI is InChI=1S/C16H17N3O/c1-2-4-15(5-3-1)16-18-8-10-19(16)9-7-17-12-14-6-11-20-13-14/h1-6,8,10-11,13,17H,7,9,12H2. The summed E-state index contributed by atoms with van der Waals surface area (Å²) in [6.45, 7) is 2.61. The Morgan fingerprint density at radius 2 is 2.05 bits per heavy atom. The first-order chi connectivity index (χ1) is 9.93. The van der Waals surface area contributed by atoms with Gasteiger partial charge in [-0.05, 0) is 6.07 Å². The van der Waals surface area contributed by atoms with E-state index in [1.165, 1.54) is 5.56 Å². The zero-order chi connectivity index (χ0) is 13.6. The second-order valence-electron chi connectivity index (χ2n) is 4.62. The van der Waals surface area contributed by atoms with Crippen LogP contribution in [0.4, 0.5) is 0 Å². The SMILES string of the molecule is c1ccc(-c2nccn2CCNCc2ccoc2)cc1. The van der Waals surface area contributed by atoms with Crippen molar-refractivity contribution in [1.82, 2.24) is 14.9 Å². The van der Waals surface area contributed by atoms with Crippen LogP contribution in [0.5, 0.6) is 0 Å². The van der Waals surface area contributed by atoms with Crippen molar-refractivity contribution in [2.24, 2.45) is 0 Å². The molecule has 0 fully saturated rings. The third kappa shape index (κ3) is 2.97. The zero-order valence-corrected chi connectivity index (χ0v) is 11.2. The van der Waals surface area contributed by atoms with Crippen LogP contribution in [0.2, 0.25) is 0 Å². The number of benzene rings is 1.